The summed E-state index contributed by atoms with van der Waals surface area (Å²) >= 11 is 0. The zero-order valence-electron chi connectivity index (χ0n) is 15.7. The Kier molecular flexibility index (Phi) is 6.16. The molecule has 0 radical (unpaired) electrons. The lowest BCUT2D eigenvalue weighted by atomic mass is 10.1. The van der Waals surface area contributed by atoms with E-state index in [-0.39, 0.29) is 12.4 Å². The zero-order chi connectivity index (χ0) is 19.9. The van der Waals surface area contributed by atoms with Gasteiger partial charge < -0.3 is 9.64 Å². The monoisotopic (exact) mass is 380 g/mol. The number of amides is 1. The van der Waals surface area contributed by atoms with Crippen molar-refractivity contribution in [3.8, 4) is 0 Å². The number of halogens is 1. The first-order valence-corrected chi connectivity index (χ1v) is 8.76. The van der Waals surface area contributed by atoms with Gasteiger partial charge in [-0.2, -0.15) is 0 Å². The summed E-state index contributed by atoms with van der Waals surface area (Å²) in [5.41, 5.74) is 2.36. The van der Waals surface area contributed by atoms with E-state index < -0.39 is 6.09 Å². The molecule has 0 saturated heterocycles. The van der Waals surface area contributed by atoms with Crippen LogP contribution in [0.1, 0.15) is 17.0 Å². The highest BCUT2D eigenvalue weighted by Crippen LogP contribution is 2.14. The molecule has 0 unspecified atom stereocenters. The Morgan fingerprint density at radius 1 is 1.04 bits per heavy atom. The van der Waals surface area contributed by atoms with E-state index in [1.807, 2.05) is 37.2 Å². The number of nitrogens with zero attached hydrogens (tertiary/aromatic N) is 3. The van der Waals surface area contributed by atoms with Crippen molar-refractivity contribution in [2.45, 2.75) is 13.0 Å². The van der Waals surface area contributed by atoms with Gasteiger partial charge in [0.25, 0.3) is 0 Å². The Morgan fingerprint density at radius 3 is 2.39 bits per heavy atom. The quantitative estimate of drug-likeness (QED) is 0.700. The van der Waals surface area contributed by atoms with Crippen LogP contribution < -0.4 is 10.2 Å². The van der Waals surface area contributed by atoms with Gasteiger partial charge in [0.2, 0.25) is 0 Å². The zero-order valence-corrected chi connectivity index (χ0v) is 15.7. The molecule has 0 bridgehead atoms. The average molecular weight is 380 g/mol. The summed E-state index contributed by atoms with van der Waals surface area (Å²) in [6.07, 6.45) is 1.76. The van der Waals surface area contributed by atoms with Crippen LogP contribution in [-0.2, 0) is 17.8 Å². The number of hydrogen-bond donors (Lipinski definition) is 1. The number of carbonyl (C=O) groups is 1. The van der Waals surface area contributed by atoms with Gasteiger partial charge >= 0.3 is 6.09 Å². The van der Waals surface area contributed by atoms with Gasteiger partial charge in [-0.15, -0.1) is 0 Å². The van der Waals surface area contributed by atoms with E-state index in [0.717, 1.165) is 17.2 Å². The lowest BCUT2D eigenvalue weighted by Crippen LogP contribution is -2.13. The Bertz CT molecular complexity index is 928. The molecule has 0 spiro atoms. The molecular weight excluding hydrogens is 359 g/mol. The van der Waals surface area contributed by atoms with Gasteiger partial charge in [0.15, 0.2) is 0 Å². The Hall–Kier alpha value is -3.48. The smallest absolute Gasteiger partial charge is 0.411 e. The Morgan fingerprint density at radius 2 is 1.71 bits per heavy atom. The summed E-state index contributed by atoms with van der Waals surface area (Å²) < 4.78 is 18.0. The van der Waals surface area contributed by atoms with Crippen LogP contribution in [0.15, 0.2) is 60.8 Å². The average Bonchev–Trinajstić information content (AvgIpc) is 2.69. The third kappa shape index (κ3) is 5.51. The van der Waals surface area contributed by atoms with Crippen molar-refractivity contribution in [3.05, 3.63) is 83.6 Å². The highest BCUT2D eigenvalue weighted by molar-refractivity contribution is 5.84. The maximum absolute atomic E-state index is 12.9. The minimum Gasteiger partial charge on any atom is -0.444 e. The van der Waals surface area contributed by atoms with Gasteiger partial charge in [0.05, 0.1) is 0 Å². The molecule has 0 aliphatic heterocycles. The van der Waals surface area contributed by atoms with Crippen LogP contribution in [0.3, 0.4) is 0 Å². The largest absolute Gasteiger partial charge is 0.444 e. The lowest BCUT2D eigenvalue weighted by molar-refractivity contribution is 0.155. The topological polar surface area (TPSA) is 67.4 Å². The number of aromatic nitrogens is 2. The molecule has 1 N–H and O–H groups in total. The van der Waals surface area contributed by atoms with Crippen LogP contribution >= 0.6 is 0 Å². The molecule has 1 heterocycles. The lowest BCUT2D eigenvalue weighted by Gasteiger charge is -2.11. The molecule has 28 heavy (non-hydrogen) atoms. The minimum atomic E-state index is -0.570. The van der Waals surface area contributed by atoms with E-state index in [1.54, 1.807) is 30.5 Å². The first-order chi connectivity index (χ1) is 13.5. The molecule has 0 fully saturated rings. The Balaban J connectivity index is 1.53. The van der Waals surface area contributed by atoms with Crippen LogP contribution in [-0.4, -0.2) is 30.2 Å². The summed E-state index contributed by atoms with van der Waals surface area (Å²) in [6.45, 7) is 0.0732. The van der Waals surface area contributed by atoms with Gasteiger partial charge in [-0.05, 0) is 41.5 Å². The number of carbonyl (C=O) groups excluding carboxylic acids is 1. The van der Waals surface area contributed by atoms with Crippen LogP contribution in [0.2, 0.25) is 0 Å². The van der Waals surface area contributed by atoms with E-state index >= 15 is 0 Å². The number of nitrogens with one attached hydrogen (secondary N) is 1. The second-order valence-corrected chi connectivity index (χ2v) is 6.43. The summed E-state index contributed by atoms with van der Waals surface area (Å²) in [4.78, 5) is 22.6. The third-order valence-corrected chi connectivity index (χ3v) is 3.99. The Labute approximate surface area is 163 Å². The fraction of sp³-hybridized carbons (Fsp3) is 0.190. The van der Waals surface area contributed by atoms with Crippen LogP contribution in [0.25, 0.3) is 0 Å². The molecule has 6 nitrogen and oxygen atoms in total. The van der Waals surface area contributed by atoms with Gasteiger partial charge in [0.1, 0.15) is 24.1 Å². The van der Waals surface area contributed by atoms with Crippen LogP contribution in [0.4, 0.5) is 20.7 Å². The molecule has 3 aromatic rings. The normalized spacial score (nSPS) is 10.4. The van der Waals surface area contributed by atoms with E-state index in [1.165, 1.54) is 12.1 Å². The fourth-order valence-electron chi connectivity index (χ4n) is 2.49. The fourth-order valence-corrected chi connectivity index (χ4v) is 2.49. The van der Waals surface area contributed by atoms with Gasteiger partial charge in [-0.1, -0.05) is 24.3 Å². The molecule has 0 saturated carbocycles. The highest BCUT2D eigenvalue weighted by atomic mass is 19.1. The summed E-state index contributed by atoms with van der Waals surface area (Å²) in [6, 6.07) is 15.1. The van der Waals surface area contributed by atoms with E-state index in [9.17, 15) is 9.18 Å². The van der Waals surface area contributed by atoms with Crippen molar-refractivity contribution in [2.75, 3.05) is 24.3 Å². The minimum absolute atomic E-state index is 0.0732. The summed E-state index contributed by atoms with van der Waals surface area (Å²) in [5.74, 6) is 1.25. The predicted octanol–water partition coefficient (Wildman–Crippen LogP) is 4.02. The molecule has 0 aliphatic rings. The maximum atomic E-state index is 12.9. The SMILES string of the molecule is CN(C)c1ccnc(Cc2ccc(NC(=O)OCc3ccc(F)cc3)cc2)n1. The second-order valence-electron chi connectivity index (χ2n) is 6.43. The van der Waals surface area contributed by atoms with E-state index in [0.29, 0.717) is 17.7 Å². The summed E-state index contributed by atoms with van der Waals surface area (Å²) in [5, 5.41) is 2.67. The van der Waals surface area contributed by atoms with Crippen molar-refractivity contribution >= 4 is 17.6 Å². The van der Waals surface area contributed by atoms with Crippen molar-refractivity contribution in [2.24, 2.45) is 0 Å². The number of benzene rings is 2. The second kappa shape index (κ2) is 8.94. The predicted molar refractivity (Wildman–Crippen MR) is 106 cm³/mol. The number of hydrogen-bond acceptors (Lipinski definition) is 5. The molecule has 1 amide bonds. The van der Waals surface area contributed by atoms with Gasteiger partial charge in [0, 0.05) is 32.4 Å². The van der Waals surface area contributed by atoms with Crippen LogP contribution in [0.5, 0.6) is 0 Å². The van der Waals surface area contributed by atoms with Gasteiger partial charge in [-0.3, -0.25) is 5.32 Å². The highest BCUT2D eigenvalue weighted by Gasteiger charge is 2.06. The van der Waals surface area contributed by atoms with E-state index in [4.69, 9.17) is 4.74 Å². The van der Waals surface area contributed by atoms with Crippen LogP contribution in [0, 0.1) is 5.82 Å². The molecule has 2 aromatic carbocycles. The molecule has 1 aromatic heterocycles. The number of anilines is 2. The van der Waals surface area contributed by atoms with Crippen molar-refractivity contribution in [3.63, 3.8) is 0 Å². The third-order valence-electron chi connectivity index (χ3n) is 3.99. The number of ether oxygens (including phenoxy) is 1. The van der Waals surface area contributed by atoms with Crippen molar-refractivity contribution < 1.29 is 13.9 Å². The van der Waals surface area contributed by atoms with Gasteiger partial charge in [-0.25, -0.2) is 19.2 Å². The maximum Gasteiger partial charge on any atom is 0.411 e. The standard InChI is InChI=1S/C21H21FN4O2/c1-26(2)20-11-12-23-19(25-20)13-15-5-9-18(10-6-15)24-21(27)28-14-16-3-7-17(22)8-4-16/h3-12H,13-14H2,1-2H3,(H,24,27). The molecule has 0 atom stereocenters. The summed E-state index contributed by atoms with van der Waals surface area (Å²) in [7, 11) is 3.86. The number of rotatable bonds is 6. The van der Waals surface area contributed by atoms with Crippen molar-refractivity contribution in [1.29, 1.82) is 0 Å². The first-order valence-electron chi connectivity index (χ1n) is 8.76. The molecule has 144 valence electrons. The first kappa shape index (κ1) is 19.3. The van der Waals surface area contributed by atoms with Crippen molar-refractivity contribution in [1.82, 2.24) is 9.97 Å². The molecule has 7 heteroatoms. The molecule has 3 rings (SSSR count). The molecular formula is C21H21FN4O2. The van der Waals surface area contributed by atoms with E-state index in [2.05, 4.69) is 15.3 Å². The molecule has 0 aliphatic carbocycles.